The van der Waals surface area contributed by atoms with E-state index < -0.39 is 54.0 Å². The molecule has 2 aliphatic heterocycles. The van der Waals surface area contributed by atoms with Gasteiger partial charge in [0.05, 0.1) is 30.1 Å². The third-order valence-electron chi connectivity index (χ3n) is 10.1. The molecule has 1 saturated carbocycles. The smallest absolute Gasteiger partial charge is 0.475 e. The van der Waals surface area contributed by atoms with Crippen molar-refractivity contribution in [2.24, 2.45) is 0 Å². The van der Waals surface area contributed by atoms with Crippen molar-refractivity contribution in [3.05, 3.63) is 48.6 Å². The zero-order valence-corrected chi connectivity index (χ0v) is 33.8. The number of aromatic amines is 1. The lowest BCUT2D eigenvalue weighted by atomic mass is 9.82. The lowest BCUT2D eigenvalue weighted by molar-refractivity contribution is -0.193. The van der Waals surface area contributed by atoms with Gasteiger partial charge < -0.3 is 25.0 Å². The number of ether oxygens (including phenoxy) is 1. The van der Waals surface area contributed by atoms with Gasteiger partial charge in [0.2, 0.25) is 11.7 Å². The number of nitriles is 1. The third-order valence-corrected chi connectivity index (χ3v) is 10.1. The number of nitrogens with one attached hydrogen (secondary N) is 1. The molecule has 4 N–H and O–H groups in total. The van der Waals surface area contributed by atoms with Crippen LogP contribution in [0, 0.1) is 11.3 Å². The highest BCUT2D eigenvalue weighted by atomic mass is 19.4. The number of piperidine rings is 1. The van der Waals surface area contributed by atoms with E-state index >= 15 is 0 Å². The van der Waals surface area contributed by atoms with Crippen molar-refractivity contribution in [2.75, 3.05) is 26.2 Å². The molecule has 0 spiro atoms. The Bertz CT molecular complexity index is 2250. The fraction of sp³-hybridized carbons (Fsp3) is 0.541. The third kappa shape index (κ3) is 14.6. The molecule has 0 atom stereocenters. The maximum Gasteiger partial charge on any atom is 0.490 e. The molecule has 4 aromatic rings. The number of fused-ring (bicyclic) bond motifs is 1. The molecule has 66 heavy (non-hydrogen) atoms. The number of aromatic nitrogens is 7. The fourth-order valence-electron chi connectivity index (χ4n) is 7.05. The SMILES string of the molecule is N#CCC1(n2cc(-c3ncnc4[nH]ccc34)cn2)CN(C2CCC(Oc3cc(CN4CCCCC4)nc(C(F)(F)F)n3)CC2)C1.O=C(O)C(F)(F)F.O=C(O)C(F)(F)F.O=C(O)C(F)(F)F. The highest BCUT2D eigenvalue weighted by Gasteiger charge is 2.48. The summed E-state index contributed by atoms with van der Waals surface area (Å²) in [6, 6.07) is 6.17. The van der Waals surface area contributed by atoms with Crippen molar-refractivity contribution in [2.45, 2.75) is 100 Å². The summed E-state index contributed by atoms with van der Waals surface area (Å²) in [5.74, 6) is -9.42. The zero-order valence-electron chi connectivity index (χ0n) is 33.8. The Morgan fingerprint density at radius 1 is 0.833 bits per heavy atom. The Labute approximate surface area is 364 Å². The van der Waals surface area contributed by atoms with Crippen LogP contribution in [-0.2, 0) is 32.6 Å². The van der Waals surface area contributed by atoms with Crippen LogP contribution >= 0.6 is 0 Å². The van der Waals surface area contributed by atoms with Gasteiger partial charge in [-0.15, -0.1) is 0 Å². The maximum absolute atomic E-state index is 13.6. The summed E-state index contributed by atoms with van der Waals surface area (Å²) >= 11 is 0. The normalized spacial score (nSPS) is 19.0. The maximum atomic E-state index is 13.6. The van der Waals surface area contributed by atoms with E-state index in [1.165, 1.54) is 6.33 Å². The predicted octanol–water partition coefficient (Wildman–Crippen LogP) is 6.83. The van der Waals surface area contributed by atoms with Crippen LogP contribution in [0.2, 0.25) is 0 Å². The van der Waals surface area contributed by atoms with E-state index in [2.05, 4.69) is 45.9 Å². The number of nitrogens with zero attached hydrogens (tertiary/aromatic N) is 9. The molecule has 2 saturated heterocycles. The quantitative estimate of drug-likeness (QED) is 0.132. The first-order chi connectivity index (χ1) is 30.6. The lowest BCUT2D eigenvalue weighted by Gasteiger charge is -2.53. The summed E-state index contributed by atoms with van der Waals surface area (Å²) in [7, 11) is 0. The van der Waals surface area contributed by atoms with Crippen LogP contribution in [-0.4, -0.2) is 135 Å². The second-order valence-electron chi connectivity index (χ2n) is 14.9. The predicted molar refractivity (Wildman–Crippen MR) is 199 cm³/mol. The van der Waals surface area contributed by atoms with E-state index in [0.717, 1.165) is 67.5 Å². The molecular formula is C37H38F12N10O7. The molecule has 0 amide bonds. The molecule has 3 aliphatic rings. The molecule has 7 rings (SSSR count). The Hall–Kier alpha value is -6.31. The largest absolute Gasteiger partial charge is 0.490 e. The first-order valence-corrected chi connectivity index (χ1v) is 19.3. The van der Waals surface area contributed by atoms with E-state index in [0.29, 0.717) is 50.6 Å². The molecule has 6 heterocycles. The van der Waals surface area contributed by atoms with E-state index in [-0.39, 0.29) is 12.0 Å². The van der Waals surface area contributed by atoms with Crippen molar-refractivity contribution >= 4 is 28.9 Å². The van der Waals surface area contributed by atoms with Gasteiger partial charge in [-0.05, 0) is 57.7 Å². The van der Waals surface area contributed by atoms with Gasteiger partial charge in [-0.2, -0.15) is 68.0 Å². The number of likely N-dealkylation sites (tertiary alicyclic amines) is 2. The van der Waals surface area contributed by atoms with Gasteiger partial charge in [-0.1, -0.05) is 6.42 Å². The molecule has 0 radical (unpaired) electrons. The molecule has 4 aromatic heterocycles. The van der Waals surface area contributed by atoms with E-state index in [9.17, 15) is 57.9 Å². The summed E-state index contributed by atoms with van der Waals surface area (Å²) in [5, 5.41) is 36.6. The van der Waals surface area contributed by atoms with Crippen LogP contribution in [0.5, 0.6) is 5.88 Å². The van der Waals surface area contributed by atoms with Gasteiger partial charge in [0, 0.05) is 55.1 Å². The number of aliphatic carboxylic acids is 3. The zero-order chi connectivity index (χ0) is 49.3. The van der Waals surface area contributed by atoms with Crippen molar-refractivity contribution < 1.29 is 87.1 Å². The van der Waals surface area contributed by atoms with Gasteiger partial charge in [0.25, 0.3) is 0 Å². The molecule has 17 nitrogen and oxygen atoms in total. The van der Waals surface area contributed by atoms with Gasteiger partial charge >= 0.3 is 42.6 Å². The number of rotatable bonds is 8. The molecule has 0 bridgehead atoms. The molecule has 362 valence electrons. The summed E-state index contributed by atoms with van der Waals surface area (Å²) in [6.45, 7) is 3.47. The number of alkyl halides is 12. The number of hydrogen-bond acceptors (Lipinski definition) is 12. The second-order valence-corrected chi connectivity index (χ2v) is 14.9. The fourth-order valence-corrected chi connectivity index (χ4v) is 7.05. The summed E-state index contributed by atoms with van der Waals surface area (Å²) in [4.78, 5) is 50.6. The van der Waals surface area contributed by atoms with Crippen LogP contribution in [0.15, 0.2) is 37.1 Å². The summed E-state index contributed by atoms with van der Waals surface area (Å²) in [5.41, 5.74) is 2.33. The summed E-state index contributed by atoms with van der Waals surface area (Å²) in [6.07, 6.45) is -6.30. The van der Waals surface area contributed by atoms with Crippen molar-refractivity contribution in [3.63, 3.8) is 0 Å². The average molecular weight is 963 g/mol. The number of carboxylic acid groups (broad SMARTS) is 3. The first kappa shape index (κ1) is 52.3. The Balaban J connectivity index is 0.000000377. The van der Waals surface area contributed by atoms with Crippen molar-refractivity contribution in [1.29, 1.82) is 5.26 Å². The minimum absolute atomic E-state index is 0.000129. The minimum atomic E-state index is -5.08. The van der Waals surface area contributed by atoms with Crippen LogP contribution in [0.25, 0.3) is 22.3 Å². The number of halogens is 12. The van der Waals surface area contributed by atoms with Gasteiger partial charge in [0.15, 0.2) is 0 Å². The number of carbonyl (C=O) groups is 3. The van der Waals surface area contributed by atoms with Crippen LogP contribution < -0.4 is 4.74 Å². The number of carboxylic acids is 3. The molecule has 0 unspecified atom stereocenters. The molecule has 29 heteroatoms. The monoisotopic (exact) mass is 962 g/mol. The van der Waals surface area contributed by atoms with Crippen molar-refractivity contribution in [1.82, 2.24) is 44.5 Å². The van der Waals surface area contributed by atoms with E-state index in [1.807, 2.05) is 23.1 Å². The van der Waals surface area contributed by atoms with Crippen LogP contribution in [0.4, 0.5) is 52.7 Å². The standard InChI is InChI=1S/C31H35F3N10O.3C2HF3O2/c32-31(33,34)29-40-22(17-42-12-2-1-3-13-42)14-26(41-29)45-24-6-4-23(5-7-24)43-18-30(19-43,9-10-35)44-16-21(15-39-44)27-25-8-11-36-28(25)38-20-37-27;3*3-2(4,5)1(6)7/h8,11,14-16,20,23-24H,1-7,9,12-13,17-19H2,(H,36,37,38);3*(H,6,7). The lowest BCUT2D eigenvalue weighted by Crippen LogP contribution is -2.65. The van der Waals surface area contributed by atoms with Crippen LogP contribution in [0.3, 0.4) is 0 Å². The Kier molecular flexibility index (Phi) is 16.9. The summed E-state index contributed by atoms with van der Waals surface area (Å²) < 4.78 is 144. The molecular weight excluding hydrogens is 924 g/mol. The molecule has 1 aliphatic carbocycles. The highest BCUT2D eigenvalue weighted by Crippen LogP contribution is 2.39. The number of H-pyrrole nitrogens is 1. The Morgan fingerprint density at radius 2 is 1.39 bits per heavy atom. The van der Waals surface area contributed by atoms with E-state index in [4.69, 9.17) is 34.4 Å². The number of hydrogen-bond donors (Lipinski definition) is 4. The minimum Gasteiger partial charge on any atom is -0.475 e. The second kappa shape index (κ2) is 21.3. The first-order valence-electron chi connectivity index (χ1n) is 19.3. The van der Waals surface area contributed by atoms with Crippen molar-refractivity contribution in [3.8, 4) is 23.2 Å². The van der Waals surface area contributed by atoms with E-state index in [1.54, 1.807) is 12.3 Å². The molecule has 0 aromatic carbocycles. The van der Waals surface area contributed by atoms with Crippen LogP contribution in [0.1, 0.15) is 62.9 Å². The average Bonchev–Trinajstić information content (AvgIpc) is 3.90. The molecule has 3 fully saturated rings. The Morgan fingerprint density at radius 3 is 1.91 bits per heavy atom. The highest BCUT2D eigenvalue weighted by molar-refractivity contribution is 5.90. The topological polar surface area (TPSA) is 237 Å². The van der Waals surface area contributed by atoms with Gasteiger partial charge in [0.1, 0.15) is 23.6 Å². The van der Waals surface area contributed by atoms with Gasteiger partial charge in [-0.3, -0.25) is 14.5 Å². The van der Waals surface area contributed by atoms with Gasteiger partial charge in [-0.25, -0.2) is 29.3 Å².